The van der Waals surface area contributed by atoms with E-state index in [4.69, 9.17) is 0 Å². The summed E-state index contributed by atoms with van der Waals surface area (Å²) in [5.41, 5.74) is 0.0527. The second kappa shape index (κ2) is 11.7. The van der Waals surface area contributed by atoms with Crippen LogP contribution in [0, 0.1) is 0 Å². The largest absolute Gasteiger partial charge is 0.416 e. The van der Waals surface area contributed by atoms with Crippen LogP contribution in [0.5, 0.6) is 0 Å². The van der Waals surface area contributed by atoms with Crippen molar-refractivity contribution in [1.82, 2.24) is 24.6 Å². The summed E-state index contributed by atoms with van der Waals surface area (Å²) in [6, 6.07) is 5.15. The van der Waals surface area contributed by atoms with Crippen LogP contribution in [0.2, 0.25) is 0 Å². The van der Waals surface area contributed by atoms with E-state index >= 15 is 0 Å². The highest BCUT2D eigenvalue weighted by atomic mass is 127. The number of aromatic nitrogens is 3. The summed E-state index contributed by atoms with van der Waals surface area (Å²) in [6.45, 7) is 4.81. The van der Waals surface area contributed by atoms with E-state index in [9.17, 15) is 18.0 Å². The molecule has 1 N–H and O–H groups in total. The summed E-state index contributed by atoms with van der Waals surface area (Å²) in [5.74, 6) is 1.53. The molecule has 0 radical (unpaired) electrons. The molecule has 0 unspecified atom stereocenters. The number of hydrogen-bond donors (Lipinski definition) is 1. The number of guanidine groups is 1. The number of aryl methyl sites for hydroxylation is 2. The van der Waals surface area contributed by atoms with Gasteiger partial charge < -0.3 is 10.2 Å². The Labute approximate surface area is 202 Å². The summed E-state index contributed by atoms with van der Waals surface area (Å²) in [4.78, 5) is 18.8. The number of aliphatic imine (C=N–C) groups is 1. The third kappa shape index (κ3) is 6.72. The Bertz CT molecular complexity index is 952. The quantitative estimate of drug-likeness (QED) is 0.241. The van der Waals surface area contributed by atoms with Crippen LogP contribution in [0.3, 0.4) is 0 Å². The van der Waals surface area contributed by atoms with Crippen molar-refractivity contribution in [2.45, 2.75) is 58.4 Å². The topological polar surface area (TPSA) is 67.5 Å². The molecule has 32 heavy (non-hydrogen) atoms. The maximum absolute atomic E-state index is 12.7. The minimum atomic E-state index is -4.34. The van der Waals surface area contributed by atoms with Gasteiger partial charge in [0.15, 0.2) is 5.96 Å². The first-order valence-electron chi connectivity index (χ1n) is 10.6. The van der Waals surface area contributed by atoms with Crippen molar-refractivity contribution < 1.29 is 13.2 Å². The van der Waals surface area contributed by atoms with Gasteiger partial charge in [0.05, 0.1) is 5.56 Å². The lowest BCUT2D eigenvalue weighted by molar-refractivity contribution is -0.137. The fourth-order valence-corrected chi connectivity index (χ4v) is 3.62. The summed E-state index contributed by atoms with van der Waals surface area (Å²) < 4.78 is 41.5. The van der Waals surface area contributed by atoms with Crippen molar-refractivity contribution >= 4 is 29.9 Å². The van der Waals surface area contributed by atoms with Crippen LogP contribution < -0.4 is 11.0 Å². The third-order valence-electron chi connectivity index (χ3n) is 5.22. The molecule has 3 rings (SSSR count). The molecule has 0 fully saturated rings. The number of rotatable bonds is 7. The van der Waals surface area contributed by atoms with Crippen molar-refractivity contribution in [2.24, 2.45) is 4.99 Å². The molecule has 1 aromatic heterocycles. The number of alkyl halides is 3. The fraction of sp³-hybridized carbons (Fsp3) is 0.571. The number of fused-ring (bicyclic) bond motifs is 1. The van der Waals surface area contributed by atoms with Crippen LogP contribution in [0.25, 0.3) is 0 Å². The highest BCUT2D eigenvalue weighted by molar-refractivity contribution is 14.0. The first kappa shape index (κ1) is 26.2. The highest BCUT2D eigenvalue weighted by Gasteiger charge is 2.30. The van der Waals surface area contributed by atoms with Gasteiger partial charge in [-0.15, -0.1) is 24.0 Å². The lowest BCUT2D eigenvalue weighted by Gasteiger charge is -2.22. The standard InChI is InChI=1S/C21H29F3N6O.HI/c1-3-25-19(28(2)15-16-8-10-17(11-9-16)21(22,23)24)26-12-6-14-30-20(31)29-13-5-4-7-18(29)27-30;/h8-11H,3-7,12-15H2,1-2H3,(H,25,26);1H. The number of halogens is 4. The minimum absolute atomic E-state index is 0. The number of nitrogens with one attached hydrogen (secondary N) is 1. The van der Waals surface area contributed by atoms with E-state index in [1.165, 1.54) is 16.8 Å². The Morgan fingerprint density at radius 3 is 2.59 bits per heavy atom. The molecule has 178 valence electrons. The summed E-state index contributed by atoms with van der Waals surface area (Å²) >= 11 is 0. The van der Waals surface area contributed by atoms with Crippen LogP contribution in [0.15, 0.2) is 34.1 Å². The number of nitrogens with zero attached hydrogens (tertiary/aromatic N) is 5. The van der Waals surface area contributed by atoms with E-state index in [1.807, 2.05) is 18.9 Å². The predicted molar refractivity (Wildman–Crippen MR) is 128 cm³/mol. The van der Waals surface area contributed by atoms with Crippen LogP contribution in [0.1, 0.15) is 43.1 Å². The Kier molecular flexibility index (Phi) is 9.59. The van der Waals surface area contributed by atoms with Crippen molar-refractivity contribution in [3.63, 3.8) is 0 Å². The molecule has 2 heterocycles. The number of hydrogen-bond acceptors (Lipinski definition) is 3. The zero-order chi connectivity index (χ0) is 22.4. The normalized spacial score (nSPS) is 14.0. The van der Waals surface area contributed by atoms with Crippen LogP contribution >= 0.6 is 24.0 Å². The lowest BCUT2D eigenvalue weighted by atomic mass is 10.1. The zero-order valence-corrected chi connectivity index (χ0v) is 20.7. The van der Waals surface area contributed by atoms with Gasteiger partial charge in [-0.3, -0.25) is 9.56 Å². The first-order valence-corrected chi connectivity index (χ1v) is 10.6. The maximum atomic E-state index is 12.7. The van der Waals surface area contributed by atoms with Gasteiger partial charge in [-0.1, -0.05) is 12.1 Å². The maximum Gasteiger partial charge on any atom is 0.416 e. The van der Waals surface area contributed by atoms with E-state index in [0.717, 1.165) is 49.3 Å². The summed E-state index contributed by atoms with van der Waals surface area (Å²) in [5, 5.41) is 7.63. The molecule has 1 aliphatic rings. The SMILES string of the molecule is CCNC(=NCCCn1nc2n(c1=O)CCCC2)N(C)Cc1ccc(C(F)(F)F)cc1.I. The lowest BCUT2D eigenvalue weighted by Crippen LogP contribution is -2.38. The van der Waals surface area contributed by atoms with E-state index in [0.29, 0.717) is 38.6 Å². The van der Waals surface area contributed by atoms with Gasteiger partial charge in [-0.2, -0.15) is 18.3 Å². The third-order valence-corrected chi connectivity index (χ3v) is 5.22. The van der Waals surface area contributed by atoms with Gasteiger partial charge in [-0.05, 0) is 43.9 Å². The van der Waals surface area contributed by atoms with E-state index in [2.05, 4.69) is 15.4 Å². The second-order valence-electron chi connectivity index (χ2n) is 7.67. The summed E-state index contributed by atoms with van der Waals surface area (Å²) in [7, 11) is 1.84. The molecule has 0 bridgehead atoms. The molecule has 0 saturated carbocycles. The van der Waals surface area contributed by atoms with Crippen molar-refractivity contribution in [3.8, 4) is 0 Å². The molecule has 11 heteroatoms. The molecule has 0 aliphatic carbocycles. The van der Waals surface area contributed by atoms with Crippen LogP contribution in [0.4, 0.5) is 13.2 Å². The van der Waals surface area contributed by atoms with E-state index in [-0.39, 0.29) is 29.7 Å². The minimum Gasteiger partial charge on any atom is -0.357 e. The fourth-order valence-electron chi connectivity index (χ4n) is 3.62. The molecule has 1 aromatic carbocycles. The Balaban J connectivity index is 0.00000363. The molecule has 0 saturated heterocycles. The Hall–Kier alpha value is -2.05. The van der Waals surface area contributed by atoms with Gasteiger partial charge >= 0.3 is 11.9 Å². The van der Waals surface area contributed by atoms with Gasteiger partial charge in [0.2, 0.25) is 0 Å². The monoisotopic (exact) mass is 566 g/mol. The van der Waals surface area contributed by atoms with Crippen molar-refractivity contribution in [2.75, 3.05) is 20.1 Å². The van der Waals surface area contributed by atoms with Gasteiger partial charge in [0.1, 0.15) is 5.82 Å². The average molecular weight is 566 g/mol. The van der Waals surface area contributed by atoms with E-state index < -0.39 is 11.7 Å². The smallest absolute Gasteiger partial charge is 0.357 e. The Morgan fingerprint density at radius 2 is 1.97 bits per heavy atom. The van der Waals surface area contributed by atoms with Crippen molar-refractivity contribution in [1.29, 1.82) is 0 Å². The molecule has 0 spiro atoms. The molecule has 0 atom stereocenters. The molecule has 0 amide bonds. The predicted octanol–water partition coefficient (Wildman–Crippen LogP) is 3.51. The highest BCUT2D eigenvalue weighted by Crippen LogP contribution is 2.29. The molecule has 7 nitrogen and oxygen atoms in total. The van der Waals surface area contributed by atoms with Gasteiger partial charge in [0.25, 0.3) is 0 Å². The molecular weight excluding hydrogens is 536 g/mol. The first-order chi connectivity index (χ1) is 14.8. The van der Waals surface area contributed by atoms with Gasteiger partial charge in [0, 0.05) is 46.2 Å². The van der Waals surface area contributed by atoms with Crippen LogP contribution in [-0.4, -0.2) is 45.3 Å². The van der Waals surface area contributed by atoms with Gasteiger partial charge in [-0.25, -0.2) is 9.48 Å². The molecule has 1 aliphatic heterocycles. The number of benzene rings is 1. The zero-order valence-electron chi connectivity index (χ0n) is 18.4. The van der Waals surface area contributed by atoms with Crippen LogP contribution in [-0.2, 0) is 32.2 Å². The van der Waals surface area contributed by atoms with E-state index in [1.54, 1.807) is 4.57 Å². The average Bonchev–Trinajstić information content (AvgIpc) is 3.06. The van der Waals surface area contributed by atoms with Crippen molar-refractivity contribution in [3.05, 3.63) is 51.7 Å². The molecular formula is C21H30F3IN6O. The summed E-state index contributed by atoms with van der Waals surface area (Å²) in [6.07, 6.45) is -0.742. The molecule has 2 aromatic rings. The second-order valence-corrected chi connectivity index (χ2v) is 7.67. The Morgan fingerprint density at radius 1 is 1.25 bits per heavy atom.